The Hall–Kier alpha value is -3.97. The lowest BCUT2D eigenvalue weighted by atomic mass is 9.98. The number of hydrogen-bond acceptors (Lipinski definition) is 7. The summed E-state index contributed by atoms with van der Waals surface area (Å²) in [6, 6.07) is 20.1. The van der Waals surface area contributed by atoms with Gasteiger partial charge in [0.15, 0.2) is 12.4 Å². The van der Waals surface area contributed by atoms with Crippen LogP contribution in [0.15, 0.2) is 77.3 Å². The number of carbonyl (C=O) groups excluding carboxylic acids is 2. The first-order chi connectivity index (χ1) is 15.6. The van der Waals surface area contributed by atoms with E-state index in [1.165, 1.54) is 6.07 Å². The lowest BCUT2D eigenvalue weighted by Crippen LogP contribution is -2.12. The number of aromatic nitrogens is 2. The van der Waals surface area contributed by atoms with Crippen molar-refractivity contribution in [2.24, 2.45) is 0 Å². The average molecular weight is 449 g/mol. The van der Waals surface area contributed by atoms with Gasteiger partial charge in [-0.1, -0.05) is 47.1 Å². The van der Waals surface area contributed by atoms with Gasteiger partial charge in [-0.05, 0) is 42.5 Å². The maximum atomic E-state index is 12.9. The van der Waals surface area contributed by atoms with Gasteiger partial charge in [0.25, 0.3) is 5.89 Å². The van der Waals surface area contributed by atoms with Crippen molar-refractivity contribution in [1.29, 1.82) is 0 Å². The van der Waals surface area contributed by atoms with Gasteiger partial charge in [0.2, 0.25) is 5.82 Å². The zero-order valence-corrected chi connectivity index (χ0v) is 17.7. The fourth-order valence-electron chi connectivity index (χ4n) is 3.07. The first-order valence-electron chi connectivity index (χ1n) is 9.59. The van der Waals surface area contributed by atoms with Crippen LogP contribution in [0, 0.1) is 0 Å². The summed E-state index contributed by atoms with van der Waals surface area (Å²) in [6.45, 7) is -0.246. The molecule has 0 unspecified atom stereocenters. The molecule has 4 rings (SSSR count). The van der Waals surface area contributed by atoms with Crippen LogP contribution in [0.3, 0.4) is 0 Å². The molecule has 4 aromatic rings. The summed E-state index contributed by atoms with van der Waals surface area (Å²) < 4.78 is 15.8. The largest absolute Gasteiger partial charge is 0.496 e. The number of methoxy groups -OCH3 is 1. The van der Waals surface area contributed by atoms with Crippen molar-refractivity contribution in [2.75, 3.05) is 7.11 Å². The first kappa shape index (κ1) is 21.3. The number of halogens is 1. The molecule has 0 N–H and O–H groups in total. The molecule has 7 nitrogen and oxygen atoms in total. The quantitative estimate of drug-likeness (QED) is 0.290. The van der Waals surface area contributed by atoms with Crippen molar-refractivity contribution in [3.8, 4) is 17.1 Å². The highest BCUT2D eigenvalue weighted by Gasteiger charge is 2.20. The van der Waals surface area contributed by atoms with Gasteiger partial charge in [-0.25, -0.2) is 4.79 Å². The van der Waals surface area contributed by atoms with Gasteiger partial charge in [0, 0.05) is 16.1 Å². The summed E-state index contributed by atoms with van der Waals surface area (Å²) in [5.41, 5.74) is 1.42. The number of rotatable bonds is 7. The molecule has 0 bridgehead atoms. The Balaban J connectivity index is 1.49. The lowest BCUT2D eigenvalue weighted by Gasteiger charge is -2.08. The van der Waals surface area contributed by atoms with E-state index < -0.39 is 5.97 Å². The van der Waals surface area contributed by atoms with E-state index >= 15 is 0 Å². The Labute approximate surface area is 188 Å². The maximum absolute atomic E-state index is 12.9. The van der Waals surface area contributed by atoms with Gasteiger partial charge < -0.3 is 14.0 Å². The Bertz CT molecular complexity index is 1270. The lowest BCUT2D eigenvalue weighted by molar-refractivity contribution is 0.0427. The van der Waals surface area contributed by atoms with Crippen molar-refractivity contribution in [2.45, 2.75) is 6.61 Å². The molecule has 1 heterocycles. The predicted octanol–water partition coefficient (Wildman–Crippen LogP) is 4.99. The Morgan fingerprint density at radius 2 is 1.62 bits per heavy atom. The highest BCUT2D eigenvalue weighted by molar-refractivity contribution is 6.30. The monoisotopic (exact) mass is 448 g/mol. The summed E-state index contributed by atoms with van der Waals surface area (Å²) in [6.07, 6.45) is 0. The molecule has 0 atom stereocenters. The van der Waals surface area contributed by atoms with Crippen LogP contribution in [-0.2, 0) is 11.3 Å². The molecule has 0 saturated heterocycles. The van der Waals surface area contributed by atoms with E-state index in [-0.39, 0.29) is 29.4 Å². The molecule has 0 aliphatic heterocycles. The minimum atomic E-state index is -0.681. The van der Waals surface area contributed by atoms with Crippen LogP contribution in [0.5, 0.6) is 5.75 Å². The van der Waals surface area contributed by atoms with Gasteiger partial charge in [-0.15, -0.1) is 0 Å². The van der Waals surface area contributed by atoms with Gasteiger partial charge in [-0.2, -0.15) is 4.98 Å². The molecule has 0 radical (unpaired) electrons. The van der Waals surface area contributed by atoms with Crippen LogP contribution in [0.25, 0.3) is 11.4 Å². The highest BCUT2D eigenvalue weighted by atomic mass is 35.5. The van der Waals surface area contributed by atoms with E-state index in [4.69, 9.17) is 25.6 Å². The highest BCUT2D eigenvalue weighted by Crippen LogP contribution is 2.27. The molecule has 3 aromatic carbocycles. The standard InChI is InChI=1S/C24H17ClN2O5/c1-30-20-9-5-4-8-19(20)23-26-21(32-27-23)14-31-24(29)18-7-3-2-6-17(18)22(28)15-10-12-16(25)13-11-15/h2-13H,14H2,1H3. The van der Waals surface area contributed by atoms with E-state index in [9.17, 15) is 9.59 Å². The molecule has 160 valence electrons. The van der Waals surface area contributed by atoms with Crippen molar-refractivity contribution in [3.05, 3.63) is 100 Å². The minimum Gasteiger partial charge on any atom is -0.496 e. The average Bonchev–Trinajstić information content (AvgIpc) is 3.31. The zero-order chi connectivity index (χ0) is 22.5. The van der Waals surface area contributed by atoms with Gasteiger partial charge in [-0.3, -0.25) is 4.79 Å². The van der Waals surface area contributed by atoms with E-state index in [0.717, 1.165) is 0 Å². The SMILES string of the molecule is COc1ccccc1-c1noc(COC(=O)c2ccccc2C(=O)c2ccc(Cl)cc2)n1. The van der Waals surface area contributed by atoms with Gasteiger partial charge in [0.05, 0.1) is 18.2 Å². The Morgan fingerprint density at radius 1 is 0.938 bits per heavy atom. The second-order valence-corrected chi connectivity index (χ2v) is 7.11. The third-order valence-electron chi connectivity index (χ3n) is 4.64. The molecule has 0 aliphatic carbocycles. The van der Waals surface area contributed by atoms with E-state index in [0.29, 0.717) is 27.7 Å². The Kier molecular flexibility index (Phi) is 6.28. The fourth-order valence-corrected chi connectivity index (χ4v) is 3.20. The first-order valence-corrected chi connectivity index (χ1v) is 9.97. The third kappa shape index (κ3) is 4.53. The molecule has 32 heavy (non-hydrogen) atoms. The zero-order valence-electron chi connectivity index (χ0n) is 16.9. The van der Waals surface area contributed by atoms with Crippen LogP contribution in [0.2, 0.25) is 5.02 Å². The smallest absolute Gasteiger partial charge is 0.339 e. The number of para-hydroxylation sites is 1. The topological polar surface area (TPSA) is 91.5 Å². The normalized spacial score (nSPS) is 10.6. The molecule has 8 heteroatoms. The van der Waals surface area contributed by atoms with Crippen LogP contribution in [-0.4, -0.2) is 29.0 Å². The number of ketones is 1. The van der Waals surface area contributed by atoms with Crippen LogP contribution in [0.4, 0.5) is 0 Å². The third-order valence-corrected chi connectivity index (χ3v) is 4.89. The molecule has 0 spiro atoms. The van der Waals surface area contributed by atoms with Crippen molar-refractivity contribution < 1.29 is 23.6 Å². The second kappa shape index (κ2) is 9.45. The predicted molar refractivity (Wildman–Crippen MR) is 117 cm³/mol. The second-order valence-electron chi connectivity index (χ2n) is 6.67. The number of carbonyl (C=O) groups is 2. The van der Waals surface area contributed by atoms with E-state index in [1.54, 1.807) is 61.7 Å². The molecule has 1 aromatic heterocycles. The minimum absolute atomic E-state index is 0.112. The van der Waals surface area contributed by atoms with E-state index in [2.05, 4.69) is 10.1 Å². The van der Waals surface area contributed by atoms with Crippen LogP contribution >= 0.6 is 11.6 Å². The summed E-state index contributed by atoms with van der Waals surface area (Å²) in [5, 5.41) is 4.43. The van der Waals surface area contributed by atoms with E-state index in [1.807, 2.05) is 12.1 Å². The van der Waals surface area contributed by atoms with Gasteiger partial charge >= 0.3 is 5.97 Å². The van der Waals surface area contributed by atoms with Crippen molar-refractivity contribution in [3.63, 3.8) is 0 Å². The van der Waals surface area contributed by atoms with Crippen LogP contribution < -0.4 is 4.74 Å². The summed E-state index contributed by atoms with van der Waals surface area (Å²) >= 11 is 5.89. The van der Waals surface area contributed by atoms with Crippen molar-refractivity contribution in [1.82, 2.24) is 10.1 Å². The number of esters is 1. The molecule has 0 aliphatic rings. The molecule has 0 amide bonds. The summed E-state index contributed by atoms with van der Waals surface area (Å²) in [4.78, 5) is 29.8. The van der Waals surface area contributed by atoms with Crippen molar-refractivity contribution >= 4 is 23.4 Å². The van der Waals surface area contributed by atoms with Gasteiger partial charge in [0.1, 0.15) is 5.75 Å². The molecular formula is C24H17ClN2O5. The van der Waals surface area contributed by atoms with Crippen LogP contribution in [0.1, 0.15) is 32.2 Å². The number of nitrogens with zero attached hydrogens (tertiary/aromatic N) is 2. The summed E-state index contributed by atoms with van der Waals surface area (Å²) in [5.74, 6) is 0.0180. The number of hydrogen-bond donors (Lipinski definition) is 0. The number of ether oxygens (including phenoxy) is 2. The molecule has 0 saturated carbocycles. The molecule has 0 fully saturated rings. The Morgan fingerprint density at radius 3 is 2.38 bits per heavy atom. The number of benzene rings is 3. The maximum Gasteiger partial charge on any atom is 0.339 e. The fraction of sp³-hybridized carbons (Fsp3) is 0.0833. The molecular weight excluding hydrogens is 432 g/mol. The summed E-state index contributed by atoms with van der Waals surface area (Å²) in [7, 11) is 1.55.